The molecule has 0 saturated carbocycles. The highest BCUT2D eigenvalue weighted by Crippen LogP contribution is 2.49. The molecule has 0 N–H and O–H groups in total. The molecule has 4 nitrogen and oxygen atoms in total. The van der Waals surface area contributed by atoms with Crippen molar-refractivity contribution in [3.63, 3.8) is 0 Å². The zero-order chi connectivity index (χ0) is 50.4. The number of anilines is 3. The standard InChI is InChI=1S/C72H55N3O/c1-3-13-57(14-4-1)63-17-7-10-20-68(63)73(61-40-33-54(34-41-61)51-27-29-56(30-28-51)58-37-44-72-67(49-58)65-19-9-12-22-70(65)74(72)59-15-5-2-6-16-59)60-38-31-53(32-39-60)50-23-25-52(26-24-50)55-35-42-66-64-18-8-11-21-69(64)75(71(66)43-36-55)62-45-47-76-48-46-62/h1-8,10-18,20-31,33-38,40-47,49,66H,9,19,32,39,48H2. The molecule has 3 heterocycles. The van der Waals surface area contributed by atoms with Gasteiger partial charge in [0.25, 0.3) is 0 Å². The van der Waals surface area contributed by atoms with Gasteiger partial charge in [0.1, 0.15) is 6.61 Å². The Morgan fingerprint density at radius 1 is 0.526 bits per heavy atom. The van der Waals surface area contributed by atoms with Gasteiger partial charge in [0, 0.05) is 51.0 Å². The van der Waals surface area contributed by atoms with Crippen LogP contribution in [0.5, 0.6) is 0 Å². The molecule has 0 bridgehead atoms. The van der Waals surface area contributed by atoms with Crippen LogP contribution >= 0.6 is 0 Å². The third-order valence-electron chi connectivity index (χ3n) is 15.8. The number of hydrogen-bond donors (Lipinski definition) is 0. The molecule has 5 aliphatic rings. The second-order valence-electron chi connectivity index (χ2n) is 20.2. The normalized spacial score (nSPS) is 16.3. The lowest BCUT2D eigenvalue weighted by Crippen LogP contribution is -2.19. The van der Waals surface area contributed by atoms with Crippen LogP contribution in [0.3, 0.4) is 0 Å². The van der Waals surface area contributed by atoms with Gasteiger partial charge < -0.3 is 19.1 Å². The summed E-state index contributed by atoms with van der Waals surface area (Å²) in [5.74, 6) is 0.182. The molecule has 3 aliphatic carbocycles. The minimum absolute atomic E-state index is 0.182. The van der Waals surface area contributed by atoms with E-state index >= 15 is 0 Å². The van der Waals surface area contributed by atoms with Gasteiger partial charge in [0.2, 0.25) is 0 Å². The molecule has 76 heavy (non-hydrogen) atoms. The molecule has 2 aliphatic heterocycles. The lowest BCUT2D eigenvalue weighted by atomic mass is 9.92. The van der Waals surface area contributed by atoms with Crippen LogP contribution in [-0.2, 0) is 11.2 Å². The average molecular weight is 978 g/mol. The van der Waals surface area contributed by atoms with Gasteiger partial charge in [-0.1, -0.05) is 182 Å². The Kier molecular flexibility index (Phi) is 11.6. The highest BCUT2D eigenvalue weighted by atomic mass is 16.5. The molecule has 0 radical (unpaired) electrons. The summed E-state index contributed by atoms with van der Waals surface area (Å²) in [7, 11) is 0. The van der Waals surface area contributed by atoms with Gasteiger partial charge in [-0.3, -0.25) is 0 Å². The van der Waals surface area contributed by atoms with Gasteiger partial charge in [-0.25, -0.2) is 0 Å². The molecule has 1 aromatic heterocycles. The van der Waals surface area contributed by atoms with Gasteiger partial charge in [-0.05, 0) is 166 Å². The molecule has 364 valence electrons. The van der Waals surface area contributed by atoms with E-state index in [4.69, 9.17) is 4.74 Å². The van der Waals surface area contributed by atoms with Gasteiger partial charge in [0.05, 0.1) is 23.2 Å². The predicted molar refractivity (Wildman–Crippen MR) is 317 cm³/mol. The van der Waals surface area contributed by atoms with Crippen LogP contribution in [0.4, 0.5) is 17.1 Å². The Labute approximate surface area is 445 Å². The van der Waals surface area contributed by atoms with E-state index in [0.717, 1.165) is 37.1 Å². The Balaban J connectivity index is 0.742. The third kappa shape index (κ3) is 8.20. The summed E-state index contributed by atoms with van der Waals surface area (Å²) in [6.07, 6.45) is 28.5. The highest BCUT2D eigenvalue weighted by Gasteiger charge is 2.34. The van der Waals surface area contributed by atoms with Crippen molar-refractivity contribution in [3.8, 4) is 39.1 Å². The number of benzene rings is 8. The van der Waals surface area contributed by atoms with E-state index in [-0.39, 0.29) is 5.92 Å². The molecular weight excluding hydrogens is 923 g/mol. The molecule has 0 fully saturated rings. The van der Waals surface area contributed by atoms with Gasteiger partial charge in [-0.15, -0.1) is 0 Å². The van der Waals surface area contributed by atoms with Crippen LogP contribution < -0.4 is 9.80 Å². The number of hydrogen-bond acceptors (Lipinski definition) is 3. The SMILES string of the molecule is C1=Cc2c(c3cc(-c4ccc(-c5ccc(N(C6=CC=C(c7ccc(C8=CC=C9C(C=C8)c8ccccc8N9C8=CCOC=C8)cc7)CC6)c6ccccc6-c6ccccc6)cc5)cc4)ccc3n2-c2ccccc2)CC1. The molecule has 14 rings (SSSR count). The van der Waals surface area contributed by atoms with E-state index in [1.54, 1.807) is 6.26 Å². The van der Waals surface area contributed by atoms with E-state index in [2.05, 4.69) is 275 Å². The number of rotatable bonds is 10. The fourth-order valence-electron chi connectivity index (χ4n) is 12.1. The zero-order valence-corrected chi connectivity index (χ0v) is 42.3. The number of nitrogens with zero attached hydrogens (tertiary/aromatic N) is 3. The van der Waals surface area contributed by atoms with Crippen molar-refractivity contribution in [3.05, 3.63) is 306 Å². The molecule has 1 atom stereocenters. The Bertz CT molecular complexity index is 3950. The molecule has 4 heteroatoms. The largest absolute Gasteiger partial charge is 0.497 e. The van der Waals surface area contributed by atoms with Crippen molar-refractivity contribution in [2.75, 3.05) is 16.4 Å². The Morgan fingerprint density at radius 2 is 1.22 bits per heavy atom. The van der Waals surface area contributed by atoms with Crippen LogP contribution in [0.15, 0.2) is 278 Å². The van der Waals surface area contributed by atoms with Crippen molar-refractivity contribution in [2.24, 2.45) is 0 Å². The molecule has 8 aromatic carbocycles. The second-order valence-corrected chi connectivity index (χ2v) is 20.2. The first-order chi connectivity index (χ1) is 37.7. The second kappa shape index (κ2) is 19.5. The monoisotopic (exact) mass is 977 g/mol. The molecular formula is C72H55N3O. The van der Waals surface area contributed by atoms with Crippen LogP contribution in [0.25, 0.3) is 67.2 Å². The summed E-state index contributed by atoms with van der Waals surface area (Å²) in [5.41, 5.74) is 26.0. The van der Waals surface area contributed by atoms with E-state index < -0.39 is 0 Å². The first-order valence-corrected chi connectivity index (χ1v) is 26.7. The van der Waals surface area contributed by atoms with Gasteiger partial charge in [-0.2, -0.15) is 0 Å². The Hall–Kier alpha value is -9.38. The molecule has 0 spiro atoms. The highest BCUT2D eigenvalue weighted by molar-refractivity contribution is 5.94. The molecule has 0 amide bonds. The number of aromatic nitrogens is 1. The van der Waals surface area contributed by atoms with E-state index in [1.807, 2.05) is 0 Å². The summed E-state index contributed by atoms with van der Waals surface area (Å²) in [4.78, 5) is 4.86. The summed E-state index contributed by atoms with van der Waals surface area (Å²) in [6, 6.07) is 73.5. The summed E-state index contributed by atoms with van der Waals surface area (Å²) in [6.45, 7) is 0.579. The minimum atomic E-state index is 0.182. The van der Waals surface area contributed by atoms with Crippen molar-refractivity contribution in [1.29, 1.82) is 0 Å². The topological polar surface area (TPSA) is 20.6 Å². The summed E-state index contributed by atoms with van der Waals surface area (Å²) in [5, 5.41) is 1.34. The number of aryl methyl sites for hydroxylation is 1. The van der Waals surface area contributed by atoms with Gasteiger partial charge >= 0.3 is 0 Å². The van der Waals surface area contributed by atoms with Crippen molar-refractivity contribution < 1.29 is 4.74 Å². The quantitative estimate of drug-likeness (QED) is 0.136. The lowest BCUT2D eigenvalue weighted by Gasteiger charge is -2.32. The van der Waals surface area contributed by atoms with E-state index in [9.17, 15) is 0 Å². The predicted octanol–water partition coefficient (Wildman–Crippen LogP) is 18.4. The van der Waals surface area contributed by atoms with Gasteiger partial charge in [0.15, 0.2) is 0 Å². The number of ether oxygens (including phenoxy) is 1. The van der Waals surface area contributed by atoms with Crippen LogP contribution in [-0.4, -0.2) is 11.2 Å². The fraction of sp³-hybridized carbons (Fsp3) is 0.0833. The first kappa shape index (κ1) is 45.3. The smallest absolute Gasteiger partial charge is 0.108 e. The molecule has 0 saturated heterocycles. The molecule has 1 unspecified atom stereocenters. The van der Waals surface area contributed by atoms with Crippen molar-refractivity contribution in [2.45, 2.75) is 31.6 Å². The lowest BCUT2D eigenvalue weighted by molar-refractivity contribution is 0.284. The summed E-state index contributed by atoms with van der Waals surface area (Å²) < 4.78 is 7.94. The molecule has 9 aromatic rings. The maximum absolute atomic E-state index is 5.52. The third-order valence-corrected chi connectivity index (χ3v) is 15.8. The maximum atomic E-state index is 5.52. The van der Waals surface area contributed by atoms with Crippen LogP contribution in [0.1, 0.15) is 53.1 Å². The first-order valence-electron chi connectivity index (χ1n) is 26.7. The van der Waals surface area contributed by atoms with E-state index in [0.29, 0.717) is 6.61 Å². The fourth-order valence-corrected chi connectivity index (χ4v) is 12.1. The van der Waals surface area contributed by atoms with Crippen LogP contribution in [0, 0.1) is 0 Å². The average Bonchev–Trinajstić information content (AvgIpc) is 3.96. The zero-order valence-electron chi connectivity index (χ0n) is 42.3. The van der Waals surface area contributed by atoms with E-state index in [1.165, 1.54) is 112 Å². The number of allylic oxidation sites excluding steroid dienone is 11. The number of para-hydroxylation sites is 3. The Morgan fingerprint density at radius 3 is 2.00 bits per heavy atom. The van der Waals surface area contributed by atoms with Crippen molar-refractivity contribution >= 4 is 45.2 Å². The van der Waals surface area contributed by atoms with Crippen molar-refractivity contribution in [1.82, 2.24) is 4.57 Å². The maximum Gasteiger partial charge on any atom is 0.108 e. The minimum Gasteiger partial charge on any atom is -0.497 e. The summed E-state index contributed by atoms with van der Waals surface area (Å²) >= 11 is 0. The number of fused-ring (bicyclic) bond motifs is 6. The van der Waals surface area contributed by atoms with Crippen LogP contribution in [0.2, 0.25) is 0 Å².